The van der Waals surface area contributed by atoms with Crippen molar-refractivity contribution in [2.75, 3.05) is 7.11 Å². The summed E-state index contributed by atoms with van der Waals surface area (Å²) in [6.45, 7) is 0. The van der Waals surface area contributed by atoms with Gasteiger partial charge in [0.1, 0.15) is 12.0 Å². The summed E-state index contributed by atoms with van der Waals surface area (Å²) in [4.78, 5) is 11.9. The second-order valence-corrected chi connectivity index (χ2v) is 5.97. The van der Waals surface area contributed by atoms with Crippen LogP contribution in [-0.4, -0.2) is 13.4 Å². The molecule has 2 bridgehead atoms. The van der Waals surface area contributed by atoms with Gasteiger partial charge >= 0.3 is 0 Å². The van der Waals surface area contributed by atoms with Crippen LogP contribution in [0.4, 0.5) is 0 Å². The van der Waals surface area contributed by atoms with E-state index in [0.717, 1.165) is 29.6 Å². The molecule has 0 radical (unpaired) electrons. The first-order chi connectivity index (χ1) is 9.69. The van der Waals surface area contributed by atoms with Crippen LogP contribution < -0.4 is 4.74 Å². The molecule has 0 fully saturated rings. The summed E-state index contributed by atoms with van der Waals surface area (Å²) in [5.41, 5.74) is 4.07. The van der Waals surface area contributed by atoms with Crippen molar-refractivity contribution in [3.05, 3.63) is 63.7 Å². The minimum Gasteiger partial charge on any atom is -0.497 e. The van der Waals surface area contributed by atoms with Gasteiger partial charge in [0.2, 0.25) is 0 Å². The molecule has 2 aromatic rings. The third-order valence-electron chi connectivity index (χ3n) is 4.72. The van der Waals surface area contributed by atoms with Crippen molar-refractivity contribution in [2.24, 2.45) is 0 Å². The fourth-order valence-electron chi connectivity index (χ4n) is 3.82. The second kappa shape index (κ2) is 3.86. The normalized spacial score (nSPS) is 25.2. The molecule has 4 rings (SSSR count). The van der Waals surface area contributed by atoms with Crippen LogP contribution in [-0.2, 0) is 10.2 Å². The lowest BCUT2D eigenvalue weighted by Gasteiger charge is -2.26. The lowest BCUT2D eigenvalue weighted by molar-refractivity contribution is -0.111. The number of ether oxygens (including phenoxy) is 1. The Kier molecular flexibility index (Phi) is 2.31. The van der Waals surface area contributed by atoms with Crippen LogP contribution in [0.1, 0.15) is 34.6 Å². The van der Waals surface area contributed by atoms with Crippen molar-refractivity contribution in [2.45, 2.75) is 17.8 Å². The van der Waals surface area contributed by atoms with E-state index in [-0.39, 0.29) is 0 Å². The molecular weight excluding hydrogens is 272 g/mol. The third kappa shape index (κ3) is 1.27. The summed E-state index contributed by atoms with van der Waals surface area (Å²) < 4.78 is 5.31. The number of fused-ring (bicyclic) bond motifs is 8. The standard InChI is InChI=1S/C17H13ClO2/c1-20-11-3-5-13-14-8-17(9-19,16(13)7-11)15-6-10(18)2-4-12(14)15/h2-7,9,14H,8H2,1H3. The first kappa shape index (κ1) is 12.0. The third-order valence-corrected chi connectivity index (χ3v) is 4.95. The molecule has 2 aromatic carbocycles. The number of rotatable bonds is 2. The van der Waals surface area contributed by atoms with E-state index in [1.807, 2.05) is 24.3 Å². The zero-order valence-electron chi connectivity index (χ0n) is 11.0. The minimum atomic E-state index is -0.547. The molecule has 0 aliphatic heterocycles. The number of methoxy groups -OCH3 is 1. The Morgan fingerprint density at radius 1 is 1.20 bits per heavy atom. The van der Waals surface area contributed by atoms with E-state index in [1.165, 1.54) is 11.1 Å². The molecular formula is C17H13ClO2. The molecule has 2 unspecified atom stereocenters. The van der Waals surface area contributed by atoms with E-state index in [2.05, 4.69) is 12.1 Å². The minimum absolute atomic E-state index is 0.299. The largest absolute Gasteiger partial charge is 0.497 e. The number of halogens is 1. The predicted molar refractivity (Wildman–Crippen MR) is 77.8 cm³/mol. The molecule has 0 saturated carbocycles. The SMILES string of the molecule is COc1ccc2c(c1)C1(C=O)CC2c2ccc(Cl)cc21. The zero-order chi connectivity index (χ0) is 13.9. The van der Waals surface area contributed by atoms with Crippen LogP contribution in [0.2, 0.25) is 5.02 Å². The van der Waals surface area contributed by atoms with Crippen LogP contribution in [0.15, 0.2) is 36.4 Å². The van der Waals surface area contributed by atoms with Gasteiger partial charge in [0.25, 0.3) is 0 Å². The summed E-state index contributed by atoms with van der Waals surface area (Å²) in [5, 5.41) is 0.682. The van der Waals surface area contributed by atoms with Gasteiger partial charge in [0.05, 0.1) is 12.5 Å². The first-order valence-electron chi connectivity index (χ1n) is 6.64. The molecule has 2 nitrogen and oxygen atoms in total. The smallest absolute Gasteiger partial charge is 0.134 e. The van der Waals surface area contributed by atoms with Gasteiger partial charge in [0.15, 0.2) is 0 Å². The average Bonchev–Trinajstić information content (AvgIpc) is 2.98. The van der Waals surface area contributed by atoms with Crippen molar-refractivity contribution < 1.29 is 9.53 Å². The lowest BCUT2D eigenvalue weighted by atomic mass is 9.76. The molecule has 3 heteroatoms. The number of hydrogen-bond acceptors (Lipinski definition) is 2. The van der Waals surface area contributed by atoms with Crippen LogP contribution in [0.25, 0.3) is 0 Å². The van der Waals surface area contributed by atoms with E-state index in [9.17, 15) is 4.79 Å². The van der Waals surface area contributed by atoms with Crippen molar-refractivity contribution in [1.82, 2.24) is 0 Å². The first-order valence-corrected chi connectivity index (χ1v) is 7.02. The van der Waals surface area contributed by atoms with Crippen LogP contribution in [0.5, 0.6) is 5.75 Å². The molecule has 0 N–H and O–H groups in total. The van der Waals surface area contributed by atoms with Gasteiger partial charge in [-0.15, -0.1) is 0 Å². The number of aldehydes is 1. The Labute approximate surface area is 122 Å². The van der Waals surface area contributed by atoms with Crippen molar-refractivity contribution in [3.8, 4) is 5.75 Å². The fourth-order valence-corrected chi connectivity index (χ4v) is 3.99. The highest BCUT2D eigenvalue weighted by molar-refractivity contribution is 6.30. The van der Waals surface area contributed by atoms with Crippen molar-refractivity contribution >= 4 is 17.9 Å². The topological polar surface area (TPSA) is 26.3 Å². The molecule has 0 heterocycles. The number of carbonyl (C=O) groups is 1. The second-order valence-electron chi connectivity index (χ2n) is 5.53. The Morgan fingerprint density at radius 2 is 1.90 bits per heavy atom. The van der Waals surface area contributed by atoms with Crippen molar-refractivity contribution in [1.29, 1.82) is 0 Å². The van der Waals surface area contributed by atoms with E-state index < -0.39 is 5.41 Å². The maximum absolute atomic E-state index is 11.9. The van der Waals surface area contributed by atoms with E-state index in [0.29, 0.717) is 10.9 Å². The zero-order valence-corrected chi connectivity index (χ0v) is 11.8. The number of hydrogen-bond donors (Lipinski definition) is 0. The predicted octanol–water partition coefficient (Wildman–Crippen LogP) is 3.68. The summed E-state index contributed by atoms with van der Waals surface area (Å²) in [5.74, 6) is 1.09. The van der Waals surface area contributed by atoms with Crippen LogP contribution in [0, 0.1) is 0 Å². The van der Waals surface area contributed by atoms with Crippen molar-refractivity contribution in [3.63, 3.8) is 0 Å². The highest BCUT2D eigenvalue weighted by Crippen LogP contribution is 2.60. The lowest BCUT2D eigenvalue weighted by Crippen LogP contribution is -2.25. The van der Waals surface area contributed by atoms with Gasteiger partial charge in [-0.3, -0.25) is 0 Å². The van der Waals surface area contributed by atoms with Crippen LogP contribution in [0.3, 0.4) is 0 Å². The quantitative estimate of drug-likeness (QED) is 0.786. The summed E-state index contributed by atoms with van der Waals surface area (Å²) in [7, 11) is 1.65. The maximum Gasteiger partial charge on any atom is 0.134 e. The van der Waals surface area contributed by atoms with Gasteiger partial charge in [-0.25, -0.2) is 0 Å². The summed E-state index contributed by atoms with van der Waals surface area (Å²) in [6, 6.07) is 11.9. The van der Waals surface area contributed by atoms with Gasteiger partial charge in [-0.2, -0.15) is 0 Å². The van der Waals surface area contributed by atoms with Gasteiger partial charge in [-0.1, -0.05) is 23.7 Å². The molecule has 2 aliphatic rings. The molecule has 0 amide bonds. The molecule has 0 spiro atoms. The number of benzene rings is 2. The summed E-state index contributed by atoms with van der Waals surface area (Å²) in [6.07, 6.45) is 1.89. The highest BCUT2D eigenvalue weighted by Gasteiger charge is 2.53. The van der Waals surface area contributed by atoms with E-state index >= 15 is 0 Å². The highest BCUT2D eigenvalue weighted by atomic mass is 35.5. The molecule has 0 aromatic heterocycles. The molecule has 100 valence electrons. The Morgan fingerprint density at radius 3 is 2.60 bits per heavy atom. The molecule has 0 saturated heterocycles. The Bertz CT molecular complexity index is 738. The monoisotopic (exact) mass is 284 g/mol. The van der Waals surface area contributed by atoms with Crippen LogP contribution >= 0.6 is 11.6 Å². The van der Waals surface area contributed by atoms with Gasteiger partial charge < -0.3 is 9.53 Å². The summed E-state index contributed by atoms with van der Waals surface area (Å²) >= 11 is 6.12. The average molecular weight is 285 g/mol. The fraction of sp³-hybridized carbons (Fsp3) is 0.235. The van der Waals surface area contributed by atoms with E-state index in [1.54, 1.807) is 7.11 Å². The van der Waals surface area contributed by atoms with E-state index in [4.69, 9.17) is 16.3 Å². The Hall–Kier alpha value is -1.80. The Balaban J connectivity index is 2.02. The molecule has 20 heavy (non-hydrogen) atoms. The number of carbonyl (C=O) groups excluding carboxylic acids is 1. The van der Waals surface area contributed by atoms with Gasteiger partial charge in [-0.05, 0) is 52.9 Å². The molecule has 2 atom stereocenters. The van der Waals surface area contributed by atoms with Gasteiger partial charge in [0, 0.05) is 10.9 Å². The maximum atomic E-state index is 11.9. The molecule has 2 aliphatic carbocycles.